The van der Waals surface area contributed by atoms with Crippen molar-refractivity contribution < 1.29 is 24.5 Å². The Kier molecular flexibility index (Phi) is 4.08. The third-order valence-corrected chi connectivity index (χ3v) is 2.82. The Morgan fingerprint density at radius 1 is 1.42 bits per heavy atom. The Labute approximate surface area is 109 Å². The number of carboxylic acid groups (broad SMARTS) is 1. The molecule has 1 amide bonds. The molecule has 1 saturated heterocycles. The van der Waals surface area contributed by atoms with Crippen LogP contribution in [0.2, 0.25) is 0 Å². The van der Waals surface area contributed by atoms with E-state index in [1.807, 2.05) is 0 Å². The number of hydrogen-bond acceptors (Lipinski definition) is 5. The molecular formula is C12H14N2O5. The van der Waals surface area contributed by atoms with Crippen LogP contribution in [0.3, 0.4) is 0 Å². The third kappa shape index (κ3) is 3.07. The highest BCUT2D eigenvalue weighted by Gasteiger charge is 2.25. The second-order valence-corrected chi connectivity index (χ2v) is 4.14. The molecule has 1 aromatic rings. The van der Waals surface area contributed by atoms with Crippen LogP contribution in [0.5, 0.6) is 0 Å². The molecule has 2 N–H and O–H groups in total. The van der Waals surface area contributed by atoms with Gasteiger partial charge in [-0.2, -0.15) is 0 Å². The fourth-order valence-corrected chi connectivity index (χ4v) is 1.85. The first kappa shape index (κ1) is 13.4. The second-order valence-electron chi connectivity index (χ2n) is 4.14. The first-order valence-corrected chi connectivity index (χ1v) is 5.84. The van der Waals surface area contributed by atoms with E-state index >= 15 is 0 Å². The Morgan fingerprint density at radius 3 is 2.84 bits per heavy atom. The topological polar surface area (TPSA) is 100.0 Å². The van der Waals surface area contributed by atoms with Crippen LogP contribution in [-0.2, 0) is 4.74 Å². The highest BCUT2D eigenvalue weighted by Crippen LogP contribution is 2.10. The number of carbonyl (C=O) groups is 2. The van der Waals surface area contributed by atoms with Crippen LogP contribution in [0, 0.1) is 0 Å². The molecule has 0 radical (unpaired) electrons. The first-order chi connectivity index (χ1) is 9.11. The molecule has 0 aliphatic carbocycles. The van der Waals surface area contributed by atoms with E-state index in [1.165, 1.54) is 23.1 Å². The molecule has 1 aliphatic rings. The van der Waals surface area contributed by atoms with Gasteiger partial charge in [-0.3, -0.25) is 4.79 Å². The van der Waals surface area contributed by atoms with Gasteiger partial charge in [0.25, 0.3) is 5.91 Å². The van der Waals surface area contributed by atoms with Gasteiger partial charge in [0, 0.05) is 13.1 Å². The molecule has 7 nitrogen and oxygen atoms in total. The lowest BCUT2D eigenvalue weighted by Crippen LogP contribution is -2.47. The number of aliphatic hydroxyl groups excluding tert-OH is 1. The Hall–Kier alpha value is -1.99. The summed E-state index contributed by atoms with van der Waals surface area (Å²) in [6.45, 7) is 0.852. The summed E-state index contributed by atoms with van der Waals surface area (Å²) in [5, 5.41) is 17.9. The van der Waals surface area contributed by atoms with Crippen LogP contribution in [0.1, 0.15) is 21.0 Å². The van der Waals surface area contributed by atoms with Gasteiger partial charge in [-0.15, -0.1) is 0 Å². The first-order valence-electron chi connectivity index (χ1n) is 5.84. The lowest BCUT2D eigenvalue weighted by Gasteiger charge is -2.31. The summed E-state index contributed by atoms with van der Waals surface area (Å²) in [6, 6.07) is 4.28. The molecule has 19 heavy (non-hydrogen) atoms. The highest BCUT2D eigenvalue weighted by atomic mass is 16.5. The lowest BCUT2D eigenvalue weighted by molar-refractivity contribution is -0.0448. The number of rotatable bonds is 3. The maximum atomic E-state index is 12.2. The zero-order valence-corrected chi connectivity index (χ0v) is 10.2. The summed E-state index contributed by atoms with van der Waals surface area (Å²) in [4.78, 5) is 28.3. The van der Waals surface area contributed by atoms with Crippen LogP contribution in [0.25, 0.3) is 0 Å². The Morgan fingerprint density at radius 2 is 2.16 bits per heavy atom. The molecule has 1 atom stereocenters. The number of hydrogen-bond donors (Lipinski definition) is 2. The number of aliphatic hydroxyl groups is 1. The van der Waals surface area contributed by atoms with Crippen molar-refractivity contribution in [3.63, 3.8) is 0 Å². The summed E-state index contributed by atoms with van der Waals surface area (Å²) >= 11 is 0. The van der Waals surface area contributed by atoms with Crippen molar-refractivity contribution in [2.24, 2.45) is 0 Å². The molecule has 102 valence electrons. The minimum Gasteiger partial charge on any atom is -0.477 e. The van der Waals surface area contributed by atoms with Gasteiger partial charge in [0.2, 0.25) is 0 Å². The molecule has 1 fully saturated rings. The van der Waals surface area contributed by atoms with Crippen molar-refractivity contribution in [3.8, 4) is 0 Å². The summed E-state index contributed by atoms with van der Waals surface area (Å²) in [5.41, 5.74) is -0.0868. The quantitative estimate of drug-likeness (QED) is 0.773. The van der Waals surface area contributed by atoms with Gasteiger partial charge < -0.3 is 19.8 Å². The average molecular weight is 266 g/mol. The Bertz CT molecular complexity index is 491. The van der Waals surface area contributed by atoms with Crippen LogP contribution < -0.4 is 0 Å². The third-order valence-electron chi connectivity index (χ3n) is 2.82. The molecular weight excluding hydrogens is 252 g/mol. The summed E-state index contributed by atoms with van der Waals surface area (Å²) in [6.07, 6.45) is -0.402. The van der Waals surface area contributed by atoms with Gasteiger partial charge in [0.05, 0.1) is 19.3 Å². The molecule has 0 spiro atoms. The molecule has 1 unspecified atom stereocenters. The van der Waals surface area contributed by atoms with Crippen molar-refractivity contribution >= 4 is 11.9 Å². The lowest BCUT2D eigenvalue weighted by atomic mass is 10.2. The maximum absolute atomic E-state index is 12.2. The molecule has 2 heterocycles. The number of morpholine rings is 1. The van der Waals surface area contributed by atoms with Gasteiger partial charge in [-0.1, -0.05) is 6.07 Å². The Balaban J connectivity index is 2.14. The van der Waals surface area contributed by atoms with E-state index in [9.17, 15) is 9.59 Å². The number of carbonyl (C=O) groups excluding carboxylic acids is 1. The van der Waals surface area contributed by atoms with Gasteiger partial charge >= 0.3 is 5.97 Å². The molecule has 1 aliphatic heterocycles. The molecule has 0 bridgehead atoms. The number of pyridine rings is 1. The summed E-state index contributed by atoms with van der Waals surface area (Å²) < 4.78 is 5.25. The predicted molar refractivity (Wildman–Crippen MR) is 63.9 cm³/mol. The smallest absolute Gasteiger partial charge is 0.354 e. The number of aromatic carboxylic acids is 1. The standard InChI is InChI=1S/C12H14N2O5/c15-7-8-6-14(4-5-19-8)11(16)9-2-1-3-10(13-9)12(17)18/h1-3,8,15H,4-7H2,(H,17,18). The molecule has 1 aromatic heterocycles. The minimum atomic E-state index is -1.18. The van der Waals surface area contributed by atoms with E-state index < -0.39 is 12.1 Å². The van der Waals surface area contributed by atoms with Gasteiger partial charge in [0.1, 0.15) is 11.4 Å². The molecule has 0 saturated carbocycles. The maximum Gasteiger partial charge on any atom is 0.354 e. The fraction of sp³-hybridized carbons (Fsp3) is 0.417. The highest BCUT2D eigenvalue weighted by molar-refractivity contribution is 5.94. The summed E-state index contributed by atoms with van der Waals surface area (Å²) in [5.74, 6) is -1.53. The van der Waals surface area contributed by atoms with Crippen molar-refractivity contribution in [2.75, 3.05) is 26.3 Å². The van der Waals surface area contributed by atoms with E-state index in [2.05, 4.69) is 4.98 Å². The second kappa shape index (κ2) is 5.77. The van der Waals surface area contributed by atoms with Gasteiger partial charge in [-0.05, 0) is 12.1 Å². The van der Waals surface area contributed by atoms with E-state index in [0.29, 0.717) is 13.2 Å². The van der Waals surface area contributed by atoms with Gasteiger partial charge in [0.15, 0.2) is 0 Å². The van der Waals surface area contributed by atoms with Crippen LogP contribution in [0.15, 0.2) is 18.2 Å². The number of nitrogens with zero attached hydrogens (tertiary/aromatic N) is 2. The van der Waals surface area contributed by atoms with Crippen LogP contribution >= 0.6 is 0 Å². The summed E-state index contributed by atoms with van der Waals surface area (Å²) in [7, 11) is 0. The average Bonchev–Trinajstić information content (AvgIpc) is 2.46. The molecule has 0 aromatic carbocycles. The van der Waals surface area contributed by atoms with Crippen molar-refractivity contribution in [1.29, 1.82) is 0 Å². The number of carboxylic acids is 1. The normalized spacial score (nSPS) is 19.2. The SMILES string of the molecule is O=C(O)c1cccc(C(=O)N2CCOC(CO)C2)n1. The van der Waals surface area contributed by atoms with E-state index in [0.717, 1.165) is 0 Å². The zero-order valence-electron chi connectivity index (χ0n) is 10.2. The number of aromatic nitrogens is 1. The van der Waals surface area contributed by atoms with E-state index in [4.69, 9.17) is 14.9 Å². The van der Waals surface area contributed by atoms with E-state index in [-0.39, 0.29) is 30.4 Å². The van der Waals surface area contributed by atoms with Crippen molar-refractivity contribution in [3.05, 3.63) is 29.6 Å². The number of amides is 1. The van der Waals surface area contributed by atoms with Crippen molar-refractivity contribution in [1.82, 2.24) is 9.88 Å². The largest absolute Gasteiger partial charge is 0.477 e. The minimum absolute atomic E-state index is 0.0819. The van der Waals surface area contributed by atoms with E-state index in [1.54, 1.807) is 0 Å². The predicted octanol–water partition coefficient (Wildman–Crippen LogP) is -0.387. The molecule has 2 rings (SSSR count). The number of ether oxygens (including phenoxy) is 1. The fourth-order valence-electron chi connectivity index (χ4n) is 1.85. The van der Waals surface area contributed by atoms with Crippen LogP contribution in [-0.4, -0.2) is 64.4 Å². The van der Waals surface area contributed by atoms with Crippen LogP contribution in [0.4, 0.5) is 0 Å². The van der Waals surface area contributed by atoms with Crippen molar-refractivity contribution in [2.45, 2.75) is 6.10 Å². The van der Waals surface area contributed by atoms with Gasteiger partial charge in [-0.25, -0.2) is 9.78 Å². The monoisotopic (exact) mass is 266 g/mol. The zero-order chi connectivity index (χ0) is 13.8. The molecule has 7 heteroatoms.